The van der Waals surface area contributed by atoms with Crippen LogP contribution >= 0.6 is 15.9 Å². The highest BCUT2D eigenvalue weighted by molar-refractivity contribution is 9.10. The molecule has 8 heteroatoms. The van der Waals surface area contributed by atoms with Gasteiger partial charge in [-0.15, -0.1) is 0 Å². The molecule has 1 aromatic rings. The summed E-state index contributed by atoms with van der Waals surface area (Å²) in [4.78, 5) is 22.1. The van der Waals surface area contributed by atoms with Crippen molar-refractivity contribution in [1.82, 2.24) is 15.3 Å². The highest BCUT2D eigenvalue weighted by atomic mass is 79.9. The van der Waals surface area contributed by atoms with E-state index in [0.717, 1.165) is 36.2 Å². The summed E-state index contributed by atoms with van der Waals surface area (Å²) in [5.74, 6) is 7.28. The van der Waals surface area contributed by atoms with Gasteiger partial charge in [-0.1, -0.05) is 0 Å². The zero-order valence-corrected chi connectivity index (χ0v) is 12.6. The van der Waals surface area contributed by atoms with E-state index in [4.69, 9.17) is 5.84 Å². The van der Waals surface area contributed by atoms with Crippen LogP contribution in [0.1, 0.15) is 19.3 Å². The summed E-state index contributed by atoms with van der Waals surface area (Å²) >= 11 is 3.49. The Balaban J connectivity index is 1.77. The maximum absolute atomic E-state index is 11.4. The lowest BCUT2D eigenvalue weighted by atomic mass is 9.85. The van der Waals surface area contributed by atoms with Crippen molar-refractivity contribution in [3.8, 4) is 0 Å². The van der Waals surface area contributed by atoms with Crippen molar-refractivity contribution in [2.75, 3.05) is 23.4 Å². The predicted octanol–water partition coefficient (Wildman–Crippen LogP) is 0.630. The second-order valence-corrected chi connectivity index (χ2v) is 6.07. The fourth-order valence-corrected chi connectivity index (χ4v) is 3.39. The molecular formula is C12H17BrN6O. The van der Waals surface area contributed by atoms with E-state index in [9.17, 15) is 4.79 Å². The van der Waals surface area contributed by atoms with Gasteiger partial charge in [-0.25, -0.2) is 10.8 Å². The second-order valence-electron chi connectivity index (χ2n) is 5.22. The smallest absolute Gasteiger partial charge is 0.239 e. The number of halogens is 1. The van der Waals surface area contributed by atoms with Crippen molar-refractivity contribution in [3.63, 3.8) is 0 Å². The molecule has 2 aliphatic heterocycles. The molecule has 2 atom stereocenters. The first kappa shape index (κ1) is 13.6. The molecule has 0 aromatic carbocycles. The summed E-state index contributed by atoms with van der Waals surface area (Å²) in [6.45, 7) is 1.76. The van der Waals surface area contributed by atoms with Gasteiger partial charge in [0.2, 0.25) is 11.9 Å². The van der Waals surface area contributed by atoms with Gasteiger partial charge in [0.1, 0.15) is 5.82 Å². The van der Waals surface area contributed by atoms with Crippen molar-refractivity contribution in [1.29, 1.82) is 0 Å². The van der Waals surface area contributed by atoms with E-state index < -0.39 is 0 Å². The Morgan fingerprint density at radius 2 is 2.35 bits per heavy atom. The van der Waals surface area contributed by atoms with Gasteiger partial charge in [0, 0.05) is 31.7 Å². The molecule has 4 N–H and O–H groups in total. The molecular weight excluding hydrogens is 324 g/mol. The van der Waals surface area contributed by atoms with Crippen molar-refractivity contribution < 1.29 is 4.79 Å². The number of fused-ring (bicyclic) bond motifs is 1. The third kappa shape index (κ3) is 2.57. The quantitative estimate of drug-likeness (QED) is 0.539. The van der Waals surface area contributed by atoms with Crippen molar-refractivity contribution in [2.45, 2.75) is 25.3 Å². The largest absolute Gasteiger partial charge is 0.355 e. The molecule has 1 aromatic heterocycles. The Morgan fingerprint density at radius 1 is 1.50 bits per heavy atom. The number of amides is 1. The number of anilines is 2. The molecule has 2 unspecified atom stereocenters. The molecule has 3 rings (SSSR count). The van der Waals surface area contributed by atoms with Crippen LogP contribution in [0.15, 0.2) is 10.7 Å². The maximum Gasteiger partial charge on any atom is 0.239 e. The van der Waals surface area contributed by atoms with Gasteiger partial charge >= 0.3 is 0 Å². The molecule has 20 heavy (non-hydrogen) atoms. The molecule has 0 radical (unpaired) electrons. The van der Waals surface area contributed by atoms with E-state index in [2.05, 4.69) is 41.5 Å². The summed E-state index contributed by atoms with van der Waals surface area (Å²) in [6, 6.07) is 0.306. The molecule has 7 nitrogen and oxygen atoms in total. The third-order valence-electron chi connectivity index (χ3n) is 3.98. The fourth-order valence-electron chi connectivity index (χ4n) is 2.95. The van der Waals surface area contributed by atoms with Crippen LogP contribution < -0.4 is 21.5 Å². The summed E-state index contributed by atoms with van der Waals surface area (Å²) in [7, 11) is 0. The highest BCUT2D eigenvalue weighted by Crippen LogP contribution is 2.31. The van der Waals surface area contributed by atoms with Gasteiger partial charge in [-0.3, -0.25) is 10.2 Å². The molecule has 0 aliphatic carbocycles. The molecule has 3 heterocycles. The van der Waals surface area contributed by atoms with Gasteiger partial charge in [0.05, 0.1) is 4.47 Å². The number of nitrogen functional groups attached to an aromatic ring is 1. The number of rotatable bonds is 2. The SMILES string of the molecule is NNc1ncc(Br)c(N2CCC3NC(=O)CCC3C2)n1. The molecule has 108 valence electrons. The Hall–Kier alpha value is -1.41. The van der Waals surface area contributed by atoms with Crippen molar-refractivity contribution in [2.24, 2.45) is 11.8 Å². The number of carbonyl (C=O) groups excluding carboxylic acids is 1. The molecule has 2 saturated heterocycles. The second kappa shape index (κ2) is 5.53. The minimum Gasteiger partial charge on any atom is -0.355 e. The molecule has 1 amide bonds. The summed E-state index contributed by atoms with van der Waals surface area (Å²) in [6.07, 6.45) is 4.21. The lowest BCUT2D eigenvalue weighted by Crippen LogP contribution is -2.54. The molecule has 0 saturated carbocycles. The van der Waals surface area contributed by atoms with Crippen LogP contribution in [0, 0.1) is 5.92 Å². The van der Waals surface area contributed by atoms with E-state index in [1.807, 2.05) is 0 Å². The fraction of sp³-hybridized carbons (Fsp3) is 0.583. The van der Waals surface area contributed by atoms with Gasteiger partial charge < -0.3 is 10.2 Å². The first-order chi connectivity index (χ1) is 9.67. The Morgan fingerprint density at radius 3 is 3.15 bits per heavy atom. The zero-order valence-electron chi connectivity index (χ0n) is 11.0. The number of nitrogens with zero attached hydrogens (tertiary/aromatic N) is 3. The zero-order chi connectivity index (χ0) is 14.1. The number of aromatic nitrogens is 2. The topological polar surface area (TPSA) is 96.2 Å². The van der Waals surface area contributed by atoms with Crippen LogP contribution in [0.4, 0.5) is 11.8 Å². The molecule has 2 aliphatic rings. The van der Waals surface area contributed by atoms with Crippen LogP contribution in [0.5, 0.6) is 0 Å². The van der Waals surface area contributed by atoms with E-state index in [1.165, 1.54) is 0 Å². The monoisotopic (exact) mass is 340 g/mol. The lowest BCUT2D eigenvalue weighted by Gasteiger charge is -2.42. The minimum atomic E-state index is 0.178. The standard InChI is InChI=1S/C12H17BrN6O/c13-8-5-15-12(18-14)17-11(8)19-4-3-9-7(6-19)1-2-10(20)16-9/h5,7,9H,1-4,6,14H2,(H,16,20)(H,15,17,18). The highest BCUT2D eigenvalue weighted by Gasteiger charge is 2.34. The van der Waals surface area contributed by atoms with E-state index in [0.29, 0.717) is 24.3 Å². The number of nitrogens with one attached hydrogen (secondary N) is 2. The number of hydrogen-bond acceptors (Lipinski definition) is 6. The van der Waals surface area contributed by atoms with Crippen LogP contribution in [0.2, 0.25) is 0 Å². The van der Waals surface area contributed by atoms with E-state index >= 15 is 0 Å². The van der Waals surface area contributed by atoms with Crippen LogP contribution in [0.3, 0.4) is 0 Å². The minimum absolute atomic E-state index is 0.178. The van der Waals surface area contributed by atoms with Crippen LogP contribution in [-0.2, 0) is 4.79 Å². The Labute approximate surface area is 125 Å². The maximum atomic E-state index is 11.4. The molecule has 0 bridgehead atoms. The van der Waals surface area contributed by atoms with E-state index in [1.54, 1.807) is 6.20 Å². The Bertz CT molecular complexity index is 525. The van der Waals surface area contributed by atoms with E-state index in [-0.39, 0.29) is 5.91 Å². The average molecular weight is 341 g/mol. The number of nitrogens with two attached hydrogens (primary N) is 1. The Kier molecular flexibility index (Phi) is 3.75. The van der Waals surface area contributed by atoms with Crippen molar-refractivity contribution >= 4 is 33.6 Å². The van der Waals surface area contributed by atoms with Gasteiger partial charge in [0.25, 0.3) is 0 Å². The molecule has 2 fully saturated rings. The number of carbonyl (C=O) groups is 1. The normalized spacial score (nSPS) is 25.9. The first-order valence-electron chi connectivity index (χ1n) is 6.71. The number of hydrazine groups is 1. The van der Waals surface area contributed by atoms with Crippen molar-refractivity contribution in [3.05, 3.63) is 10.7 Å². The van der Waals surface area contributed by atoms with Crippen LogP contribution in [0.25, 0.3) is 0 Å². The van der Waals surface area contributed by atoms with Gasteiger partial charge in [-0.05, 0) is 34.7 Å². The number of hydrogen-bond donors (Lipinski definition) is 3. The summed E-state index contributed by atoms with van der Waals surface area (Å²) in [5, 5.41) is 3.09. The first-order valence-corrected chi connectivity index (χ1v) is 7.50. The van der Waals surface area contributed by atoms with Crippen LogP contribution in [-0.4, -0.2) is 35.0 Å². The third-order valence-corrected chi connectivity index (χ3v) is 4.54. The van der Waals surface area contributed by atoms with Gasteiger partial charge in [0.15, 0.2) is 0 Å². The predicted molar refractivity (Wildman–Crippen MR) is 79.0 cm³/mol. The lowest BCUT2D eigenvalue weighted by molar-refractivity contribution is -0.124. The number of piperidine rings is 2. The summed E-state index contributed by atoms with van der Waals surface area (Å²) < 4.78 is 0.856. The average Bonchev–Trinajstić information content (AvgIpc) is 2.47. The summed E-state index contributed by atoms with van der Waals surface area (Å²) in [5.41, 5.74) is 2.47. The van der Waals surface area contributed by atoms with Gasteiger partial charge in [-0.2, -0.15) is 4.98 Å². The molecule has 0 spiro atoms.